The third kappa shape index (κ3) is 3.49. The van der Waals surface area contributed by atoms with Crippen LogP contribution in [0.1, 0.15) is 39.6 Å². The molecular weight excluding hydrogens is 388 g/mol. The van der Waals surface area contributed by atoms with Gasteiger partial charge in [0, 0.05) is 30.4 Å². The van der Waals surface area contributed by atoms with Gasteiger partial charge in [-0.05, 0) is 46.7 Å². The minimum absolute atomic E-state index is 0.0802. The lowest BCUT2D eigenvalue weighted by Crippen LogP contribution is -2.16. The van der Waals surface area contributed by atoms with E-state index in [1.807, 2.05) is 48.5 Å². The molecule has 0 bridgehead atoms. The van der Waals surface area contributed by atoms with Crippen molar-refractivity contribution < 1.29 is 14.3 Å². The Labute approximate surface area is 179 Å². The van der Waals surface area contributed by atoms with Crippen molar-refractivity contribution in [2.75, 3.05) is 6.61 Å². The van der Waals surface area contributed by atoms with Gasteiger partial charge in [0.05, 0.1) is 23.8 Å². The van der Waals surface area contributed by atoms with E-state index in [0.717, 1.165) is 21.9 Å². The van der Waals surface area contributed by atoms with Crippen LogP contribution < -0.4 is 9.47 Å². The molecule has 5 nitrogen and oxygen atoms in total. The highest BCUT2D eigenvalue weighted by Crippen LogP contribution is 2.36. The molecule has 0 radical (unpaired) electrons. The molecule has 4 aromatic rings. The third-order valence-corrected chi connectivity index (χ3v) is 5.46. The second-order valence-corrected chi connectivity index (χ2v) is 7.32. The Kier molecular flexibility index (Phi) is 4.81. The van der Waals surface area contributed by atoms with E-state index in [1.54, 1.807) is 30.6 Å². The predicted octanol–water partition coefficient (Wildman–Crippen LogP) is 5.24. The molecular formula is C26H18N2O3. The molecule has 150 valence electrons. The van der Waals surface area contributed by atoms with Crippen LogP contribution in [0.15, 0.2) is 79.1 Å². The van der Waals surface area contributed by atoms with Gasteiger partial charge in [0.25, 0.3) is 0 Å². The molecule has 1 aliphatic heterocycles. The standard InChI is InChI=1S/C26H18N2O3/c27-16-18-5-7-22(21-4-2-1-3-20(18)21)26(17-9-12-28-13-10-17)31-19-6-8-23-24(29)11-14-30-25(23)15-19/h1-10,12-13,15,26H,11,14H2. The quantitative estimate of drug-likeness (QED) is 0.463. The number of hydrogen-bond donors (Lipinski definition) is 0. The molecule has 5 rings (SSSR count). The Hall–Kier alpha value is -4.17. The Morgan fingerprint density at radius 2 is 1.81 bits per heavy atom. The second kappa shape index (κ2) is 7.92. The summed E-state index contributed by atoms with van der Waals surface area (Å²) in [7, 11) is 0. The second-order valence-electron chi connectivity index (χ2n) is 7.32. The van der Waals surface area contributed by atoms with Gasteiger partial charge in [-0.2, -0.15) is 5.26 Å². The molecule has 0 aliphatic carbocycles. The minimum atomic E-state index is -0.432. The fourth-order valence-electron chi connectivity index (χ4n) is 3.95. The molecule has 5 heteroatoms. The highest BCUT2D eigenvalue weighted by Gasteiger charge is 2.23. The van der Waals surface area contributed by atoms with Crippen molar-refractivity contribution in [3.63, 3.8) is 0 Å². The zero-order chi connectivity index (χ0) is 21.2. The molecule has 1 atom stereocenters. The summed E-state index contributed by atoms with van der Waals surface area (Å²) in [4.78, 5) is 16.2. The topological polar surface area (TPSA) is 72.2 Å². The lowest BCUT2D eigenvalue weighted by Gasteiger charge is -2.23. The van der Waals surface area contributed by atoms with Crippen LogP contribution in [0.25, 0.3) is 10.8 Å². The summed E-state index contributed by atoms with van der Waals surface area (Å²) in [6.45, 7) is 0.378. The number of Topliss-reactive ketones (excluding diaryl/α,β-unsaturated/α-hetero) is 1. The molecule has 0 saturated carbocycles. The summed E-state index contributed by atoms with van der Waals surface area (Å²) in [6.07, 6.45) is 3.42. The van der Waals surface area contributed by atoms with Gasteiger partial charge in [-0.15, -0.1) is 0 Å². The minimum Gasteiger partial charge on any atom is -0.492 e. The number of ketones is 1. The number of pyridine rings is 1. The van der Waals surface area contributed by atoms with Crippen LogP contribution in [0.4, 0.5) is 0 Å². The highest BCUT2D eigenvalue weighted by atomic mass is 16.5. The van der Waals surface area contributed by atoms with E-state index in [0.29, 0.717) is 35.7 Å². The smallest absolute Gasteiger partial charge is 0.169 e. The average molecular weight is 406 g/mol. The first kappa shape index (κ1) is 18.8. The Balaban J connectivity index is 1.63. The van der Waals surface area contributed by atoms with Crippen molar-refractivity contribution in [3.05, 3.63) is 101 Å². The van der Waals surface area contributed by atoms with E-state index in [1.165, 1.54) is 0 Å². The number of benzene rings is 3. The SMILES string of the molecule is N#Cc1ccc(C(Oc2ccc3c(c2)OCCC3=O)c2ccncc2)c2ccccc12. The molecule has 2 heterocycles. The van der Waals surface area contributed by atoms with Crippen LogP contribution in [-0.2, 0) is 0 Å². The van der Waals surface area contributed by atoms with Crippen molar-refractivity contribution in [2.24, 2.45) is 0 Å². The summed E-state index contributed by atoms with van der Waals surface area (Å²) >= 11 is 0. The van der Waals surface area contributed by atoms with Crippen molar-refractivity contribution in [1.82, 2.24) is 4.98 Å². The van der Waals surface area contributed by atoms with Gasteiger partial charge in [0.15, 0.2) is 5.78 Å². The molecule has 3 aromatic carbocycles. The Morgan fingerprint density at radius 1 is 1.00 bits per heavy atom. The maximum absolute atomic E-state index is 12.1. The van der Waals surface area contributed by atoms with Crippen LogP contribution in [0.5, 0.6) is 11.5 Å². The fourth-order valence-corrected chi connectivity index (χ4v) is 3.95. The van der Waals surface area contributed by atoms with Gasteiger partial charge in [0.2, 0.25) is 0 Å². The maximum Gasteiger partial charge on any atom is 0.169 e. The van der Waals surface area contributed by atoms with E-state index >= 15 is 0 Å². The van der Waals surface area contributed by atoms with Gasteiger partial charge in [-0.1, -0.05) is 30.3 Å². The van der Waals surface area contributed by atoms with Crippen LogP contribution in [0.3, 0.4) is 0 Å². The van der Waals surface area contributed by atoms with Gasteiger partial charge in [-0.25, -0.2) is 0 Å². The molecule has 0 spiro atoms. The largest absolute Gasteiger partial charge is 0.492 e. The molecule has 31 heavy (non-hydrogen) atoms. The zero-order valence-electron chi connectivity index (χ0n) is 16.6. The number of aromatic nitrogens is 1. The third-order valence-electron chi connectivity index (χ3n) is 5.46. The van der Waals surface area contributed by atoms with Gasteiger partial charge in [0.1, 0.15) is 17.6 Å². The van der Waals surface area contributed by atoms with Gasteiger partial charge in [-0.3, -0.25) is 9.78 Å². The fraction of sp³-hybridized carbons (Fsp3) is 0.115. The van der Waals surface area contributed by atoms with E-state index in [4.69, 9.17) is 9.47 Å². The summed E-state index contributed by atoms with van der Waals surface area (Å²) in [5.41, 5.74) is 3.08. The highest BCUT2D eigenvalue weighted by molar-refractivity contribution is 5.99. The molecule has 0 N–H and O–H groups in total. The van der Waals surface area contributed by atoms with Crippen molar-refractivity contribution >= 4 is 16.6 Å². The van der Waals surface area contributed by atoms with Crippen molar-refractivity contribution in [2.45, 2.75) is 12.5 Å². The van der Waals surface area contributed by atoms with Crippen molar-refractivity contribution in [1.29, 1.82) is 5.26 Å². The molecule has 1 aliphatic rings. The number of carbonyl (C=O) groups is 1. The van der Waals surface area contributed by atoms with Gasteiger partial charge >= 0.3 is 0 Å². The number of ether oxygens (including phenoxy) is 2. The van der Waals surface area contributed by atoms with Crippen LogP contribution in [0.2, 0.25) is 0 Å². The lowest BCUT2D eigenvalue weighted by atomic mass is 9.93. The Bertz CT molecular complexity index is 1330. The molecule has 0 amide bonds. The average Bonchev–Trinajstić information content (AvgIpc) is 2.83. The van der Waals surface area contributed by atoms with E-state index < -0.39 is 6.10 Å². The normalized spacial score (nSPS) is 13.7. The molecule has 1 aromatic heterocycles. The van der Waals surface area contributed by atoms with Crippen LogP contribution >= 0.6 is 0 Å². The number of nitriles is 1. The number of fused-ring (bicyclic) bond motifs is 2. The number of hydrogen-bond acceptors (Lipinski definition) is 5. The first-order valence-electron chi connectivity index (χ1n) is 10.0. The maximum atomic E-state index is 12.1. The number of nitrogens with zero attached hydrogens (tertiary/aromatic N) is 2. The van der Waals surface area contributed by atoms with Crippen LogP contribution in [-0.4, -0.2) is 17.4 Å². The number of carbonyl (C=O) groups excluding carboxylic acids is 1. The monoisotopic (exact) mass is 406 g/mol. The first-order valence-corrected chi connectivity index (χ1v) is 10.0. The van der Waals surface area contributed by atoms with Crippen molar-refractivity contribution in [3.8, 4) is 17.6 Å². The summed E-state index contributed by atoms with van der Waals surface area (Å²) < 4.78 is 12.1. The summed E-state index contributed by atoms with van der Waals surface area (Å²) in [6, 6.07) is 23.0. The van der Waals surface area contributed by atoms with Crippen LogP contribution in [0, 0.1) is 11.3 Å². The van der Waals surface area contributed by atoms with E-state index in [-0.39, 0.29) is 5.78 Å². The first-order chi connectivity index (χ1) is 15.2. The Morgan fingerprint density at radius 3 is 2.61 bits per heavy atom. The zero-order valence-corrected chi connectivity index (χ0v) is 16.6. The van der Waals surface area contributed by atoms with E-state index in [9.17, 15) is 10.1 Å². The molecule has 1 unspecified atom stereocenters. The summed E-state index contributed by atoms with van der Waals surface area (Å²) in [5, 5.41) is 11.4. The van der Waals surface area contributed by atoms with Gasteiger partial charge < -0.3 is 9.47 Å². The molecule has 0 fully saturated rings. The van der Waals surface area contributed by atoms with E-state index in [2.05, 4.69) is 11.1 Å². The number of rotatable bonds is 4. The molecule has 0 saturated heterocycles. The summed E-state index contributed by atoms with van der Waals surface area (Å²) in [5.74, 6) is 1.23. The lowest BCUT2D eigenvalue weighted by molar-refractivity contribution is 0.0933. The predicted molar refractivity (Wildman–Crippen MR) is 116 cm³/mol.